The number of piperazine rings is 1. The topological polar surface area (TPSA) is 73.7 Å². The number of carbonyl (C=O) groups is 2. The third-order valence-electron chi connectivity index (χ3n) is 6.44. The van der Waals surface area contributed by atoms with E-state index < -0.39 is 6.09 Å². The van der Waals surface area contributed by atoms with E-state index in [0.717, 1.165) is 65.7 Å². The molecular weight excluding hydrogens is 378 g/mol. The minimum Gasteiger partial charge on any atom is -0.465 e. The lowest BCUT2D eigenvalue weighted by molar-refractivity contribution is 0.0418. The Kier molecular flexibility index (Phi) is 4.02. The van der Waals surface area contributed by atoms with Crippen molar-refractivity contribution in [1.29, 1.82) is 0 Å². The molecule has 5 rings (SSSR count). The molecule has 6 nitrogen and oxygen atoms in total. The molecule has 1 aliphatic heterocycles. The van der Waals surface area contributed by atoms with E-state index in [1.54, 1.807) is 4.90 Å². The maximum absolute atomic E-state index is 13.1. The monoisotopic (exact) mass is 399 g/mol. The van der Waals surface area contributed by atoms with Gasteiger partial charge in [-0.1, -0.05) is 17.7 Å². The lowest BCUT2D eigenvalue weighted by Gasteiger charge is -2.40. The van der Waals surface area contributed by atoms with E-state index in [0.29, 0.717) is 25.2 Å². The third-order valence-corrected chi connectivity index (χ3v) is 6.87. The standard InChI is InChI=1S/C21H22ClN3O3/c22-18-14-3-1-2-4-16(14)23-17-11-13(5-6-15(17)18)19(26)24-9-10-25(20(27)28)21(12-24)7-8-21/h5-6,11H,1-4,7-10,12H2,(H,27,28). The first kappa shape index (κ1) is 17.7. The first-order valence-electron chi connectivity index (χ1n) is 9.89. The molecule has 3 aliphatic rings. The molecule has 1 saturated carbocycles. The second-order valence-corrected chi connectivity index (χ2v) is 8.55. The van der Waals surface area contributed by atoms with Gasteiger partial charge in [-0.2, -0.15) is 0 Å². The summed E-state index contributed by atoms with van der Waals surface area (Å²) in [6.45, 7) is 1.25. The fourth-order valence-corrected chi connectivity index (χ4v) is 5.07. The molecule has 1 saturated heterocycles. The zero-order valence-electron chi connectivity index (χ0n) is 15.6. The van der Waals surface area contributed by atoms with Crippen LogP contribution < -0.4 is 0 Å². The maximum Gasteiger partial charge on any atom is 0.407 e. The lowest BCUT2D eigenvalue weighted by atomic mass is 9.94. The molecule has 2 fully saturated rings. The van der Waals surface area contributed by atoms with E-state index in [4.69, 9.17) is 16.6 Å². The van der Waals surface area contributed by atoms with Crippen molar-refractivity contribution in [3.8, 4) is 0 Å². The first-order valence-corrected chi connectivity index (χ1v) is 10.3. The van der Waals surface area contributed by atoms with Crippen LogP contribution in [0.3, 0.4) is 0 Å². The molecule has 2 amide bonds. The molecular formula is C21H22ClN3O3. The molecule has 1 spiro atoms. The molecule has 0 atom stereocenters. The van der Waals surface area contributed by atoms with Crippen LogP contribution in [0.1, 0.15) is 47.3 Å². The minimum atomic E-state index is -0.890. The summed E-state index contributed by atoms with van der Waals surface area (Å²) in [5.74, 6) is -0.0612. The highest BCUT2D eigenvalue weighted by molar-refractivity contribution is 6.36. The van der Waals surface area contributed by atoms with Crippen molar-refractivity contribution in [2.75, 3.05) is 19.6 Å². The molecule has 0 radical (unpaired) electrons. The second-order valence-electron chi connectivity index (χ2n) is 8.18. The van der Waals surface area contributed by atoms with E-state index in [1.165, 1.54) is 4.90 Å². The number of carboxylic acid groups (broad SMARTS) is 1. The summed E-state index contributed by atoms with van der Waals surface area (Å²) in [7, 11) is 0. The number of aryl methyl sites for hydroxylation is 1. The van der Waals surface area contributed by atoms with Gasteiger partial charge in [-0.3, -0.25) is 14.7 Å². The smallest absolute Gasteiger partial charge is 0.407 e. The number of aromatic nitrogens is 1. The predicted octanol–water partition coefficient (Wildman–Crippen LogP) is 3.74. The van der Waals surface area contributed by atoms with Crippen molar-refractivity contribution in [3.63, 3.8) is 0 Å². The van der Waals surface area contributed by atoms with E-state index in [1.807, 2.05) is 18.2 Å². The number of carbonyl (C=O) groups excluding carboxylic acids is 1. The Morgan fingerprint density at radius 1 is 1.14 bits per heavy atom. The highest BCUT2D eigenvalue weighted by atomic mass is 35.5. The molecule has 2 aliphatic carbocycles. The van der Waals surface area contributed by atoms with Crippen LogP contribution in [0.4, 0.5) is 4.79 Å². The fourth-order valence-electron chi connectivity index (χ4n) is 4.70. The van der Waals surface area contributed by atoms with Crippen molar-refractivity contribution in [3.05, 3.63) is 40.0 Å². The number of hydrogen-bond donors (Lipinski definition) is 1. The Hall–Kier alpha value is -2.34. The molecule has 146 valence electrons. The average molecular weight is 400 g/mol. The predicted molar refractivity (Wildman–Crippen MR) is 106 cm³/mol. The van der Waals surface area contributed by atoms with Crippen LogP contribution >= 0.6 is 11.6 Å². The number of nitrogens with zero attached hydrogens (tertiary/aromatic N) is 3. The second kappa shape index (κ2) is 6.34. The quantitative estimate of drug-likeness (QED) is 0.792. The van der Waals surface area contributed by atoms with Gasteiger partial charge in [0.1, 0.15) is 0 Å². The Balaban J connectivity index is 1.45. The van der Waals surface area contributed by atoms with E-state index >= 15 is 0 Å². The zero-order chi connectivity index (χ0) is 19.5. The Labute approximate surface area is 168 Å². The largest absolute Gasteiger partial charge is 0.465 e. The third kappa shape index (κ3) is 2.73. The average Bonchev–Trinajstić information content (AvgIpc) is 3.46. The van der Waals surface area contributed by atoms with Gasteiger partial charge in [-0.15, -0.1) is 0 Å². The van der Waals surface area contributed by atoms with E-state index in [9.17, 15) is 14.7 Å². The Morgan fingerprint density at radius 3 is 2.68 bits per heavy atom. The van der Waals surface area contributed by atoms with Gasteiger partial charge in [0.05, 0.1) is 16.1 Å². The summed E-state index contributed by atoms with van der Waals surface area (Å²) in [6, 6.07) is 5.55. The molecule has 1 aromatic heterocycles. The van der Waals surface area contributed by atoms with Crippen molar-refractivity contribution in [2.24, 2.45) is 0 Å². The Morgan fingerprint density at radius 2 is 1.93 bits per heavy atom. The number of hydrogen-bond acceptors (Lipinski definition) is 3. The summed E-state index contributed by atoms with van der Waals surface area (Å²) < 4.78 is 0. The SMILES string of the molecule is O=C(c1ccc2c(Cl)c3c(nc2c1)CCCC3)N1CCN(C(=O)O)C2(CC2)C1. The summed E-state index contributed by atoms with van der Waals surface area (Å²) in [4.78, 5) is 32.7. The normalized spacial score (nSPS) is 20.3. The van der Waals surface area contributed by atoms with Crippen LogP contribution in [0.15, 0.2) is 18.2 Å². The van der Waals surface area contributed by atoms with Crippen LogP contribution in [0, 0.1) is 0 Å². The molecule has 0 bridgehead atoms. The lowest BCUT2D eigenvalue weighted by Crippen LogP contribution is -2.57. The highest BCUT2D eigenvalue weighted by Crippen LogP contribution is 2.44. The summed E-state index contributed by atoms with van der Waals surface area (Å²) in [5, 5.41) is 11.1. The van der Waals surface area contributed by atoms with Crippen molar-refractivity contribution < 1.29 is 14.7 Å². The van der Waals surface area contributed by atoms with Gasteiger partial charge in [-0.05, 0) is 56.2 Å². The first-order chi connectivity index (χ1) is 13.5. The van der Waals surface area contributed by atoms with Gasteiger partial charge in [0, 0.05) is 36.3 Å². The van der Waals surface area contributed by atoms with Crippen molar-refractivity contribution in [1.82, 2.24) is 14.8 Å². The van der Waals surface area contributed by atoms with Gasteiger partial charge in [0.15, 0.2) is 0 Å². The van der Waals surface area contributed by atoms with Crippen LogP contribution in [-0.4, -0.2) is 57.1 Å². The van der Waals surface area contributed by atoms with Gasteiger partial charge in [0.2, 0.25) is 0 Å². The molecule has 2 heterocycles. The highest BCUT2D eigenvalue weighted by Gasteiger charge is 2.54. The van der Waals surface area contributed by atoms with Crippen LogP contribution in [-0.2, 0) is 12.8 Å². The number of amides is 2. The number of benzene rings is 1. The molecule has 1 aromatic carbocycles. The maximum atomic E-state index is 13.1. The number of pyridine rings is 1. The zero-order valence-corrected chi connectivity index (χ0v) is 16.3. The molecule has 2 aromatic rings. The van der Waals surface area contributed by atoms with Gasteiger partial charge < -0.3 is 10.0 Å². The molecule has 1 N–H and O–H groups in total. The van der Waals surface area contributed by atoms with Crippen molar-refractivity contribution >= 4 is 34.5 Å². The van der Waals surface area contributed by atoms with Crippen LogP contribution in [0.2, 0.25) is 5.02 Å². The van der Waals surface area contributed by atoms with Gasteiger partial charge in [-0.25, -0.2) is 4.79 Å². The summed E-state index contributed by atoms with van der Waals surface area (Å²) in [6.07, 6.45) is 4.92. The van der Waals surface area contributed by atoms with Crippen molar-refractivity contribution in [2.45, 2.75) is 44.1 Å². The van der Waals surface area contributed by atoms with Crippen LogP contribution in [0.5, 0.6) is 0 Å². The molecule has 7 heteroatoms. The molecule has 28 heavy (non-hydrogen) atoms. The van der Waals surface area contributed by atoms with Gasteiger partial charge >= 0.3 is 6.09 Å². The summed E-state index contributed by atoms with van der Waals surface area (Å²) in [5.41, 5.74) is 3.19. The van der Waals surface area contributed by atoms with Gasteiger partial charge in [0.25, 0.3) is 5.91 Å². The minimum absolute atomic E-state index is 0.0612. The fraction of sp³-hybridized carbons (Fsp3) is 0.476. The summed E-state index contributed by atoms with van der Waals surface area (Å²) >= 11 is 6.64. The Bertz CT molecular complexity index is 1000. The van der Waals surface area contributed by atoms with E-state index in [2.05, 4.69) is 0 Å². The van der Waals surface area contributed by atoms with Crippen LogP contribution in [0.25, 0.3) is 10.9 Å². The molecule has 0 unspecified atom stereocenters. The van der Waals surface area contributed by atoms with E-state index in [-0.39, 0.29) is 11.4 Å². The number of rotatable bonds is 1. The number of fused-ring (bicyclic) bond motifs is 2. The number of halogens is 1.